The van der Waals surface area contributed by atoms with Crippen molar-refractivity contribution in [3.63, 3.8) is 0 Å². The van der Waals surface area contributed by atoms with Crippen LogP contribution < -0.4 is 5.73 Å². The van der Waals surface area contributed by atoms with Crippen molar-refractivity contribution in [2.24, 2.45) is 5.73 Å². The molecule has 0 spiro atoms. The molecule has 0 radical (unpaired) electrons. The third-order valence-electron chi connectivity index (χ3n) is 1.95. The summed E-state index contributed by atoms with van der Waals surface area (Å²) in [5.41, 5.74) is 6.93. The molecule has 0 bridgehead atoms. The van der Waals surface area contributed by atoms with Crippen LogP contribution in [0.5, 0.6) is 0 Å². The lowest BCUT2D eigenvalue weighted by molar-refractivity contribution is 0.366. The molecule has 1 heterocycles. The van der Waals surface area contributed by atoms with Crippen LogP contribution in [0.4, 0.5) is 0 Å². The number of fused-ring (bicyclic) bond motifs is 1. The van der Waals surface area contributed by atoms with Gasteiger partial charge in [0.15, 0.2) is 0 Å². The summed E-state index contributed by atoms with van der Waals surface area (Å²) in [4.78, 5) is 0. The zero-order chi connectivity index (χ0) is 6.97. The number of rotatable bonds is 0. The van der Waals surface area contributed by atoms with Gasteiger partial charge in [-0.2, -0.15) is 0 Å². The topological polar surface area (TPSA) is 52.0 Å². The number of hydrogen-bond donors (Lipinski definition) is 1. The van der Waals surface area contributed by atoms with Crippen molar-refractivity contribution < 1.29 is 4.52 Å². The van der Waals surface area contributed by atoms with E-state index in [1.54, 1.807) is 6.20 Å². The Balaban J connectivity index is 2.30. The van der Waals surface area contributed by atoms with Crippen LogP contribution in [0.2, 0.25) is 0 Å². The molecule has 0 aromatic carbocycles. The molecule has 1 aliphatic rings. The van der Waals surface area contributed by atoms with Gasteiger partial charge in [0.1, 0.15) is 5.76 Å². The van der Waals surface area contributed by atoms with Gasteiger partial charge in [0.25, 0.3) is 0 Å². The third-order valence-corrected chi connectivity index (χ3v) is 1.95. The van der Waals surface area contributed by atoms with E-state index in [9.17, 15) is 0 Å². The molecule has 0 saturated heterocycles. The molecule has 1 atom stereocenters. The van der Waals surface area contributed by atoms with Crippen LogP contribution in [-0.2, 0) is 12.8 Å². The average Bonchev–Trinajstić information content (AvgIpc) is 2.33. The summed E-state index contributed by atoms with van der Waals surface area (Å²) in [6.45, 7) is 0. The van der Waals surface area contributed by atoms with Crippen LogP contribution in [0, 0.1) is 0 Å². The number of aryl methyl sites for hydroxylation is 1. The smallest absolute Gasteiger partial charge is 0.140 e. The van der Waals surface area contributed by atoms with Gasteiger partial charge in [-0.3, -0.25) is 0 Å². The van der Waals surface area contributed by atoms with Crippen molar-refractivity contribution >= 4 is 0 Å². The summed E-state index contributed by atoms with van der Waals surface area (Å²) >= 11 is 0. The van der Waals surface area contributed by atoms with E-state index >= 15 is 0 Å². The summed E-state index contributed by atoms with van der Waals surface area (Å²) in [5.74, 6) is 1.03. The molecule has 3 nitrogen and oxygen atoms in total. The predicted octanol–water partition coefficient (Wildman–Crippen LogP) is 0.491. The predicted molar refractivity (Wildman–Crippen MR) is 36.5 cm³/mol. The van der Waals surface area contributed by atoms with Crippen molar-refractivity contribution in [1.82, 2.24) is 5.16 Å². The Morgan fingerprint density at radius 2 is 2.60 bits per heavy atom. The highest BCUT2D eigenvalue weighted by Gasteiger charge is 2.18. The quantitative estimate of drug-likeness (QED) is 0.567. The second-order valence-electron chi connectivity index (χ2n) is 2.78. The minimum absolute atomic E-state index is 0.312. The van der Waals surface area contributed by atoms with Gasteiger partial charge in [-0.05, 0) is 12.8 Å². The van der Waals surface area contributed by atoms with E-state index < -0.39 is 0 Å². The SMILES string of the molecule is NC1CCc2oncc2C1. The van der Waals surface area contributed by atoms with Crippen molar-refractivity contribution in [3.05, 3.63) is 17.5 Å². The Labute approximate surface area is 59.2 Å². The summed E-state index contributed by atoms with van der Waals surface area (Å²) in [6.07, 6.45) is 4.69. The number of aromatic nitrogens is 1. The van der Waals surface area contributed by atoms with Crippen molar-refractivity contribution in [2.45, 2.75) is 25.3 Å². The van der Waals surface area contributed by atoms with E-state index in [0.717, 1.165) is 25.0 Å². The number of nitrogens with two attached hydrogens (primary N) is 1. The second kappa shape index (κ2) is 2.09. The highest BCUT2D eigenvalue weighted by atomic mass is 16.5. The molecular weight excluding hydrogens is 128 g/mol. The molecule has 10 heavy (non-hydrogen) atoms. The summed E-state index contributed by atoms with van der Waals surface area (Å²) < 4.78 is 5.00. The van der Waals surface area contributed by atoms with E-state index in [-0.39, 0.29) is 0 Å². The van der Waals surface area contributed by atoms with Gasteiger partial charge in [-0.15, -0.1) is 0 Å². The average molecular weight is 138 g/mol. The monoisotopic (exact) mass is 138 g/mol. The molecule has 0 aliphatic heterocycles. The first-order valence-electron chi connectivity index (χ1n) is 3.54. The van der Waals surface area contributed by atoms with Crippen LogP contribution in [0.25, 0.3) is 0 Å². The molecule has 1 aliphatic carbocycles. The van der Waals surface area contributed by atoms with Gasteiger partial charge >= 0.3 is 0 Å². The summed E-state index contributed by atoms with van der Waals surface area (Å²) in [7, 11) is 0. The normalized spacial score (nSPS) is 24.3. The first-order chi connectivity index (χ1) is 4.86. The van der Waals surface area contributed by atoms with Gasteiger partial charge in [0.05, 0.1) is 6.20 Å². The minimum atomic E-state index is 0.312. The lowest BCUT2D eigenvalue weighted by atomic mass is 9.95. The Morgan fingerprint density at radius 1 is 1.70 bits per heavy atom. The maximum absolute atomic E-state index is 5.74. The fourth-order valence-electron chi connectivity index (χ4n) is 1.36. The first kappa shape index (κ1) is 5.92. The molecular formula is C7H10N2O. The minimum Gasteiger partial charge on any atom is -0.361 e. The molecule has 0 amide bonds. The van der Waals surface area contributed by atoms with E-state index in [1.807, 2.05) is 0 Å². The molecule has 1 aromatic heterocycles. The molecule has 1 unspecified atom stereocenters. The van der Waals surface area contributed by atoms with E-state index in [1.165, 1.54) is 5.56 Å². The zero-order valence-electron chi connectivity index (χ0n) is 5.71. The van der Waals surface area contributed by atoms with E-state index in [0.29, 0.717) is 6.04 Å². The van der Waals surface area contributed by atoms with Crippen LogP contribution in [0.3, 0.4) is 0 Å². The first-order valence-corrected chi connectivity index (χ1v) is 3.54. The Morgan fingerprint density at radius 3 is 3.50 bits per heavy atom. The Bertz CT molecular complexity index is 231. The zero-order valence-corrected chi connectivity index (χ0v) is 5.71. The van der Waals surface area contributed by atoms with Crippen molar-refractivity contribution in [1.29, 1.82) is 0 Å². The van der Waals surface area contributed by atoms with Gasteiger partial charge < -0.3 is 10.3 Å². The van der Waals surface area contributed by atoms with Gasteiger partial charge in [-0.25, -0.2) is 0 Å². The lowest BCUT2D eigenvalue weighted by Gasteiger charge is -2.14. The standard InChI is InChI=1S/C7H10N2O/c8-6-1-2-7-5(3-6)4-9-10-7/h4,6H,1-3,8H2. The van der Waals surface area contributed by atoms with Crippen LogP contribution >= 0.6 is 0 Å². The van der Waals surface area contributed by atoms with Crippen LogP contribution in [0.15, 0.2) is 10.7 Å². The van der Waals surface area contributed by atoms with Gasteiger partial charge in [0.2, 0.25) is 0 Å². The van der Waals surface area contributed by atoms with Crippen LogP contribution in [-0.4, -0.2) is 11.2 Å². The molecule has 0 fully saturated rings. The molecule has 3 heteroatoms. The molecule has 0 saturated carbocycles. The highest BCUT2D eigenvalue weighted by Crippen LogP contribution is 2.19. The number of hydrogen-bond acceptors (Lipinski definition) is 3. The fraction of sp³-hybridized carbons (Fsp3) is 0.571. The maximum Gasteiger partial charge on any atom is 0.140 e. The fourth-order valence-corrected chi connectivity index (χ4v) is 1.36. The molecule has 1 aromatic rings. The van der Waals surface area contributed by atoms with Gasteiger partial charge in [0, 0.05) is 18.0 Å². The van der Waals surface area contributed by atoms with Gasteiger partial charge in [-0.1, -0.05) is 5.16 Å². The Kier molecular flexibility index (Phi) is 1.24. The highest BCUT2D eigenvalue weighted by molar-refractivity contribution is 5.18. The molecule has 54 valence electrons. The number of nitrogens with zero attached hydrogens (tertiary/aromatic N) is 1. The Hall–Kier alpha value is -0.830. The van der Waals surface area contributed by atoms with E-state index in [4.69, 9.17) is 10.3 Å². The van der Waals surface area contributed by atoms with Crippen molar-refractivity contribution in [3.8, 4) is 0 Å². The van der Waals surface area contributed by atoms with Crippen LogP contribution in [0.1, 0.15) is 17.7 Å². The molecule has 2 N–H and O–H groups in total. The molecule has 2 rings (SSSR count). The van der Waals surface area contributed by atoms with Crippen molar-refractivity contribution in [2.75, 3.05) is 0 Å². The maximum atomic E-state index is 5.74. The largest absolute Gasteiger partial charge is 0.361 e. The summed E-state index contributed by atoms with van der Waals surface area (Å²) in [6, 6.07) is 0.312. The third kappa shape index (κ3) is 0.827. The summed E-state index contributed by atoms with van der Waals surface area (Å²) in [5, 5.41) is 3.71. The lowest BCUT2D eigenvalue weighted by Crippen LogP contribution is -2.26. The van der Waals surface area contributed by atoms with E-state index in [2.05, 4.69) is 5.16 Å². The second-order valence-corrected chi connectivity index (χ2v) is 2.78.